The number of benzene rings is 1. The molecule has 2 aliphatic rings. The number of nitrogens with zero attached hydrogens (tertiary/aromatic N) is 2. The number of hydrogen-bond donors (Lipinski definition) is 1. The molecule has 1 aromatic rings. The van der Waals surface area contributed by atoms with Gasteiger partial charge in [0.25, 0.3) is 0 Å². The number of halogens is 1. The predicted octanol–water partition coefficient (Wildman–Crippen LogP) is 3.93. The Kier molecular flexibility index (Phi) is 9.03. The van der Waals surface area contributed by atoms with Crippen LogP contribution in [-0.2, 0) is 17.7 Å². The van der Waals surface area contributed by atoms with Gasteiger partial charge < -0.3 is 15.0 Å². The quantitative estimate of drug-likeness (QED) is 0.387. The van der Waals surface area contributed by atoms with E-state index in [1.807, 2.05) is 0 Å². The van der Waals surface area contributed by atoms with Crippen LogP contribution < -0.4 is 5.32 Å². The van der Waals surface area contributed by atoms with Crippen LogP contribution in [-0.4, -0.2) is 54.2 Å². The molecule has 2 aliphatic heterocycles. The molecular formula is C20H32IN3OS. The number of fused-ring (bicyclic) bond motifs is 1. The lowest BCUT2D eigenvalue weighted by Crippen LogP contribution is -2.45. The molecule has 0 spiro atoms. The molecule has 0 radical (unpaired) electrons. The van der Waals surface area contributed by atoms with Crippen LogP contribution in [0.15, 0.2) is 29.3 Å². The first-order valence-electron chi connectivity index (χ1n) is 9.58. The number of guanidine groups is 1. The average molecular weight is 489 g/mol. The third-order valence-electron chi connectivity index (χ3n) is 5.14. The number of thioether (sulfide) groups is 1. The molecule has 1 N–H and O–H groups in total. The fourth-order valence-corrected chi connectivity index (χ4v) is 4.94. The van der Waals surface area contributed by atoms with Crippen molar-refractivity contribution in [3.63, 3.8) is 0 Å². The van der Waals surface area contributed by atoms with Gasteiger partial charge in [-0.05, 0) is 43.1 Å². The van der Waals surface area contributed by atoms with Gasteiger partial charge in [-0.3, -0.25) is 4.99 Å². The van der Waals surface area contributed by atoms with Crippen LogP contribution in [0.4, 0.5) is 0 Å². The summed E-state index contributed by atoms with van der Waals surface area (Å²) in [5, 5.41) is 3.52. The van der Waals surface area contributed by atoms with Crippen molar-refractivity contribution in [2.75, 3.05) is 38.6 Å². The van der Waals surface area contributed by atoms with Crippen molar-refractivity contribution in [1.82, 2.24) is 10.2 Å². The minimum absolute atomic E-state index is 0. The molecule has 1 aromatic carbocycles. The van der Waals surface area contributed by atoms with Gasteiger partial charge in [-0.25, -0.2) is 0 Å². The molecule has 1 fully saturated rings. The van der Waals surface area contributed by atoms with E-state index >= 15 is 0 Å². The van der Waals surface area contributed by atoms with E-state index in [0.29, 0.717) is 0 Å². The van der Waals surface area contributed by atoms with Crippen LogP contribution in [0.3, 0.4) is 0 Å². The normalized spacial score (nSPS) is 19.5. The van der Waals surface area contributed by atoms with Gasteiger partial charge in [-0.1, -0.05) is 31.2 Å². The van der Waals surface area contributed by atoms with E-state index in [2.05, 4.69) is 60.1 Å². The van der Waals surface area contributed by atoms with Crippen molar-refractivity contribution in [3.8, 4) is 0 Å². The maximum absolute atomic E-state index is 5.59. The third-order valence-corrected chi connectivity index (χ3v) is 6.58. The summed E-state index contributed by atoms with van der Waals surface area (Å²) in [5.74, 6) is 2.21. The van der Waals surface area contributed by atoms with Gasteiger partial charge >= 0.3 is 0 Å². The zero-order valence-electron chi connectivity index (χ0n) is 16.0. The molecule has 0 aliphatic carbocycles. The Labute approximate surface area is 179 Å². The second-order valence-corrected chi connectivity index (χ2v) is 8.57. The summed E-state index contributed by atoms with van der Waals surface area (Å²) >= 11 is 2.06. The van der Waals surface area contributed by atoms with Gasteiger partial charge in [0.15, 0.2) is 5.96 Å². The van der Waals surface area contributed by atoms with Crippen LogP contribution in [0.5, 0.6) is 0 Å². The van der Waals surface area contributed by atoms with Crippen molar-refractivity contribution in [2.45, 2.75) is 44.4 Å². The maximum atomic E-state index is 5.59. The fourth-order valence-electron chi connectivity index (χ4n) is 3.72. The number of rotatable bonds is 5. The summed E-state index contributed by atoms with van der Waals surface area (Å²) in [4.78, 5) is 7.49. The summed E-state index contributed by atoms with van der Waals surface area (Å²) in [6.45, 7) is 9.94. The van der Waals surface area contributed by atoms with Gasteiger partial charge in [0, 0.05) is 37.6 Å². The zero-order valence-corrected chi connectivity index (χ0v) is 19.1. The Bertz CT molecular complexity index is 585. The van der Waals surface area contributed by atoms with Crippen molar-refractivity contribution in [1.29, 1.82) is 0 Å². The number of ether oxygens (including phenoxy) is 1. The van der Waals surface area contributed by atoms with E-state index in [4.69, 9.17) is 9.73 Å². The lowest BCUT2D eigenvalue weighted by Gasteiger charge is -2.36. The van der Waals surface area contributed by atoms with Crippen molar-refractivity contribution >= 4 is 41.7 Å². The lowest BCUT2D eigenvalue weighted by atomic mass is 9.99. The molecule has 0 atom stereocenters. The minimum Gasteiger partial charge on any atom is -0.381 e. The Morgan fingerprint density at radius 2 is 1.96 bits per heavy atom. The predicted molar refractivity (Wildman–Crippen MR) is 123 cm³/mol. The highest BCUT2D eigenvalue weighted by Gasteiger charge is 2.33. The lowest BCUT2D eigenvalue weighted by molar-refractivity contribution is 0.0792. The highest BCUT2D eigenvalue weighted by atomic mass is 127. The first-order valence-corrected chi connectivity index (χ1v) is 10.6. The van der Waals surface area contributed by atoms with Crippen LogP contribution in [0.1, 0.15) is 37.8 Å². The second-order valence-electron chi connectivity index (χ2n) is 6.84. The number of hydrogen-bond acceptors (Lipinski definition) is 3. The maximum Gasteiger partial charge on any atom is 0.194 e. The number of nitrogens with one attached hydrogen (secondary N) is 1. The van der Waals surface area contributed by atoms with Gasteiger partial charge in [0.05, 0.1) is 6.54 Å². The van der Waals surface area contributed by atoms with Gasteiger partial charge in [-0.15, -0.1) is 24.0 Å². The molecular weight excluding hydrogens is 457 g/mol. The molecule has 0 unspecified atom stereocenters. The SMILES string of the molecule is CCNC(=NCC1(SCC)CCOCC1)N1CCc2ccccc2C1.I. The van der Waals surface area contributed by atoms with E-state index in [9.17, 15) is 0 Å². The molecule has 0 aromatic heterocycles. The van der Waals surface area contributed by atoms with E-state index in [0.717, 1.165) is 70.4 Å². The molecule has 0 bridgehead atoms. The molecule has 1 saturated heterocycles. The summed E-state index contributed by atoms with van der Waals surface area (Å²) in [7, 11) is 0. The zero-order chi connectivity index (χ0) is 17.5. The third kappa shape index (κ3) is 5.52. The van der Waals surface area contributed by atoms with Gasteiger partial charge in [0.2, 0.25) is 0 Å². The largest absolute Gasteiger partial charge is 0.381 e. The van der Waals surface area contributed by atoms with Crippen molar-refractivity contribution in [2.24, 2.45) is 4.99 Å². The first kappa shape index (κ1) is 21.8. The Morgan fingerprint density at radius 1 is 1.23 bits per heavy atom. The first-order chi connectivity index (χ1) is 12.3. The molecule has 4 nitrogen and oxygen atoms in total. The van der Waals surface area contributed by atoms with Gasteiger partial charge in [0.1, 0.15) is 0 Å². The topological polar surface area (TPSA) is 36.9 Å². The van der Waals surface area contributed by atoms with Crippen LogP contribution >= 0.6 is 35.7 Å². The van der Waals surface area contributed by atoms with E-state index in [1.165, 1.54) is 11.1 Å². The van der Waals surface area contributed by atoms with Crippen molar-refractivity contribution in [3.05, 3.63) is 35.4 Å². The van der Waals surface area contributed by atoms with Crippen LogP contribution in [0, 0.1) is 0 Å². The van der Waals surface area contributed by atoms with Crippen molar-refractivity contribution < 1.29 is 4.74 Å². The molecule has 2 heterocycles. The smallest absolute Gasteiger partial charge is 0.194 e. The monoisotopic (exact) mass is 489 g/mol. The second kappa shape index (κ2) is 10.8. The summed E-state index contributed by atoms with van der Waals surface area (Å²) < 4.78 is 5.84. The molecule has 0 saturated carbocycles. The Balaban J connectivity index is 0.00000243. The molecule has 0 amide bonds. The highest BCUT2D eigenvalue weighted by molar-refractivity contribution is 14.0. The molecule has 26 heavy (non-hydrogen) atoms. The van der Waals surface area contributed by atoms with E-state index in [1.54, 1.807) is 0 Å². The van der Waals surface area contributed by atoms with Gasteiger partial charge in [-0.2, -0.15) is 11.8 Å². The summed E-state index contributed by atoms with van der Waals surface area (Å²) in [6.07, 6.45) is 3.32. The Hall–Kier alpha value is -0.470. The Morgan fingerprint density at radius 3 is 2.65 bits per heavy atom. The van der Waals surface area contributed by atoms with Crippen LogP contribution in [0.25, 0.3) is 0 Å². The highest BCUT2D eigenvalue weighted by Crippen LogP contribution is 2.35. The van der Waals surface area contributed by atoms with E-state index < -0.39 is 0 Å². The standard InChI is InChI=1S/C20H31N3OS.HI/c1-3-21-19(22-16-20(25-4-2)10-13-24-14-11-20)23-12-9-17-7-5-6-8-18(17)15-23;/h5-8H,3-4,9-16H2,1-2H3,(H,21,22);1H. The number of aliphatic imine (C=N–C) groups is 1. The van der Waals surface area contributed by atoms with Crippen LogP contribution in [0.2, 0.25) is 0 Å². The van der Waals surface area contributed by atoms with E-state index in [-0.39, 0.29) is 28.7 Å². The average Bonchev–Trinajstić information content (AvgIpc) is 2.66. The molecule has 6 heteroatoms. The molecule has 146 valence electrons. The summed E-state index contributed by atoms with van der Waals surface area (Å²) in [5.41, 5.74) is 2.92. The minimum atomic E-state index is 0. The fraction of sp³-hybridized carbons (Fsp3) is 0.650. The summed E-state index contributed by atoms with van der Waals surface area (Å²) in [6, 6.07) is 8.79. The molecule has 3 rings (SSSR count).